The lowest BCUT2D eigenvalue weighted by Gasteiger charge is -2.10. The Morgan fingerprint density at radius 1 is 1.14 bits per heavy atom. The Hall–Kier alpha value is -2.54. The zero-order valence-electron chi connectivity index (χ0n) is 11.6. The fourth-order valence-electron chi connectivity index (χ4n) is 1.57. The Morgan fingerprint density at radius 3 is 2.50 bits per heavy atom. The van der Waals surface area contributed by atoms with E-state index in [9.17, 15) is 9.59 Å². The van der Waals surface area contributed by atoms with E-state index in [0.717, 1.165) is 4.47 Å². The van der Waals surface area contributed by atoms with Crippen molar-refractivity contribution in [3.05, 3.63) is 65.0 Å². The monoisotopic (exact) mass is 363 g/mol. The molecule has 0 unspecified atom stereocenters. The fraction of sp³-hybridized carbons (Fsp3) is 0.0667. The van der Waals surface area contributed by atoms with Crippen LogP contribution in [0.25, 0.3) is 5.70 Å². The van der Waals surface area contributed by atoms with Crippen LogP contribution < -0.4 is 16.2 Å². The van der Waals surface area contributed by atoms with Gasteiger partial charge in [-0.25, -0.2) is 0 Å². The second-order valence-electron chi connectivity index (χ2n) is 4.32. The van der Waals surface area contributed by atoms with Gasteiger partial charge >= 0.3 is 0 Å². The molecule has 0 saturated heterocycles. The Morgan fingerprint density at radius 2 is 1.86 bits per heavy atom. The highest BCUT2D eigenvalue weighted by molar-refractivity contribution is 9.10. The van der Waals surface area contributed by atoms with Gasteiger partial charge in [0.25, 0.3) is 11.8 Å². The summed E-state index contributed by atoms with van der Waals surface area (Å²) >= 11 is 3.29. The van der Waals surface area contributed by atoms with Crippen LogP contribution in [0.15, 0.2) is 58.1 Å². The van der Waals surface area contributed by atoms with Crippen molar-refractivity contribution < 1.29 is 14.0 Å². The van der Waals surface area contributed by atoms with Gasteiger partial charge in [0.05, 0.1) is 18.5 Å². The molecule has 1 aromatic carbocycles. The van der Waals surface area contributed by atoms with E-state index in [0.29, 0.717) is 17.0 Å². The average molecular weight is 364 g/mol. The second-order valence-corrected chi connectivity index (χ2v) is 5.23. The van der Waals surface area contributed by atoms with Gasteiger partial charge in [-0.3, -0.25) is 20.4 Å². The van der Waals surface area contributed by atoms with Crippen LogP contribution in [0.3, 0.4) is 0 Å². The number of hydrogen-bond donors (Lipinski definition) is 3. The molecule has 1 heterocycles. The summed E-state index contributed by atoms with van der Waals surface area (Å²) in [5.41, 5.74) is 5.92. The van der Waals surface area contributed by atoms with Crippen molar-refractivity contribution in [2.75, 3.05) is 6.54 Å². The maximum absolute atomic E-state index is 11.8. The highest BCUT2D eigenvalue weighted by atomic mass is 79.9. The normalized spacial score (nSPS) is 9.86. The molecule has 114 valence electrons. The van der Waals surface area contributed by atoms with Crippen molar-refractivity contribution in [3.8, 4) is 0 Å². The molecule has 2 rings (SSSR count). The number of carbonyl (C=O) groups excluding carboxylic acids is 2. The molecule has 0 aliphatic rings. The topological polar surface area (TPSA) is 83.4 Å². The SMILES string of the molecule is C=C(NNC(=O)CNC(=O)c1ccc(Br)cc1)c1ccco1. The van der Waals surface area contributed by atoms with Crippen LogP contribution in [0.4, 0.5) is 0 Å². The number of nitrogens with one attached hydrogen (secondary N) is 3. The first-order valence-electron chi connectivity index (χ1n) is 6.37. The predicted octanol–water partition coefficient (Wildman–Crippen LogP) is 2.06. The molecule has 0 fully saturated rings. The lowest BCUT2D eigenvalue weighted by atomic mass is 10.2. The third kappa shape index (κ3) is 4.49. The van der Waals surface area contributed by atoms with Crippen molar-refractivity contribution in [1.82, 2.24) is 16.2 Å². The van der Waals surface area contributed by atoms with E-state index in [4.69, 9.17) is 4.42 Å². The van der Waals surface area contributed by atoms with E-state index in [1.165, 1.54) is 6.26 Å². The summed E-state index contributed by atoms with van der Waals surface area (Å²) in [7, 11) is 0. The van der Waals surface area contributed by atoms with Crippen molar-refractivity contribution in [2.45, 2.75) is 0 Å². The molecular formula is C15H14BrN3O3. The lowest BCUT2D eigenvalue weighted by molar-refractivity contribution is -0.120. The van der Waals surface area contributed by atoms with Gasteiger partial charge in [0.15, 0.2) is 5.76 Å². The van der Waals surface area contributed by atoms with Crippen LogP contribution in [0, 0.1) is 0 Å². The molecule has 22 heavy (non-hydrogen) atoms. The Bertz CT molecular complexity index is 666. The minimum absolute atomic E-state index is 0.159. The van der Waals surface area contributed by atoms with E-state index in [2.05, 4.69) is 38.7 Å². The van der Waals surface area contributed by atoms with E-state index in [-0.39, 0.29) is 12.5 Å². The molecule has 0 aliphatic carbocycles. The molecule has 6 nitrogen and oxygen atoms in total. The largest absolute Gasteiger partial charge is 0.463 e. The first-order chi connectivity index (χ1) is 10.6. The van der Waals surface area contributed by atoms with Crippen molar-refractivity contribution in [1.29, 1.82) is 0 Å². The van der Waals surface area contributed by atoms with Gasteiger partial charge in [0.2, 0.25) is 0 Å². The summed E-state index contributed by atoms with van der Waals surface area (Å²) in [4.78, 5) is 23.5. The van der Waals surface area contributed by atoms with Crippen molar-refractivity contribution in [3.63, 3.8) is 0 Å². The number of hydrogen-bond acceptors (Lipinski definition) is 4. The third-order valence-corrected chi connectivity index (χ3v) is 3.22. The van der Waals surface area contributed by atoms with Crippen LogP contribution in [0.5, 0.6) is 0 Å². The number of benzene rings is 1. The standard InChI is InChI=1S/C15H14BrN3O3/c1-10(13-3-2-8-22-13)18-19-14(20)9-17-15(21)11-4-6-12(16)7-5-11/h2-8,18H,1,9H2,(H,17,21)(H,19,20). The van der Waals surface area contributed by atoms with Gasteiger partial charge in [0, 0.05) is 10.0 Å². The minimum Gasteiger partial charge on any atom is -0.463 e. The molecule has 0 bridgehead atoms. The molecule has 2 aromatic rings. The fourth-order valence-corrected chi connectivity index (χ4v) is 1.83. The summed E-state index contributed by atoms with van der Waals surface area (Å²) in [6.45, 7) is 3.55. The molecule has 0 atom stereocenters. The van der Waals surface area contributed by atoms with Gasteiger partial charge < -0.3 is 9.73 Å². The molecule has 0 aliphatic heterocycles. The van der Waals surface area contributed by atoms with Crippen LogP contribution in [-0.4, -0.2) is 18.4 Å². The van der Waals surface area contributed by atoms with Crippen LogP contribution >= 0.6 is 15.9 Å². The quantitative estimate of drug-likeness (QED) is 0.686. The van der Waals surface area contributed by atoms with Crippen LogP contribution in [0.1, 0.15) is 16.1 Å². The summed E-state index contributed by atoms with van der Waals surface area (Å²) < 4.78 is 5.98. The van der Waals surface area contributed by atoms with Crippen molar-refractivity contribution in [2.24, 2.45) is 0 Å². The van der Waals surface area contributed by atoms with Crippen molar-refractivity contribution >= 4 is 33.4 Å². The maximum Gasteiger partial charge on any atom is 0.257 e. The summed E-state index contributed by atoms with van der Waals surface area (Å²) in [5, 5.41) is 2.52. The summed E-state index contributed by atoms with van der Waals surface area (Å²) in [5.74, 6) is -0.218. The van der Waals surface area contributed by atoms with Gasteiger partial charge in [0.1, 0.15) is 0 Å². The number of furan rings is 1. The van der Waals surface area contributed by atoms with E-state index >= 15 is 0 Å². The predicted molar refractivity (Wildman–Crippen MR) is 85.5 cm³/mol. The third-order valence-electron chi connectivity index (χ3n) is 2.69. The molecule has 3 N–H and O–H groups in total. The highest BCUT2D eigenvalue weighted by Crippen LogP contribution is 2.10. The van der Waals surface area contributed by atoms with Crippen LogP contribution in [0.2, 0.25) is 0 Å². The van der Waals surface area contributed by atoms with E-state index in [1.807, 2.05) is 0 Å². The lowest BCUT2D eigenvalue weighted by Crippen LogP contribution is -2.42. The number of carbonyl (C=O) groups is 2. The zero-order valence-corrected chi connectivity index (χ0v) is 13.1. The first kappa shape index (κ1) is 15.8. The Kier molecular flexibility index (Phi) is 5.37. The Labute approximate surface area is 135 Å². The maximum atomic E-state index is 11.8. The molecule has 1 aromatic heterocycles. The van der Waals surface area contributed by atoms with Gasteiger partial charge in [-0.1, -0.05) is 22.5 Å². The molecular weight excluding hydrogens is 350 g/mol. The minimum atomic E-state index is -0.404. The molecule has 0 radical (unpaired) electrons. The Balaban J connectivity index is 1.74. The number of halogens is 1. The van der Waals surface area contributed by atoms with E-state index in [1.54, 1.807) is 36.4 Å². The molecule has 7 heteroatoms. The second kappa shape index (κ2) is 7.46. The van der Waals surface area contributed by atoms with Gasteiger partial charge in [-0.15, -0.1) is 0 Å². The summed E-state index contributed by atoms with van der Waals surface area (Å²) in [6, 6.07) is 10.2. The molecule has 0 saturated carbocycles. The van der Waals surface area contributed by atoms with Gasteiger partial charge in [-0.05, 0) is 36.4 Å². The summed E-state index contributed by atoms with van der Waals surface area (Å²) in [6.07, 6.45) is 1.50. The van der Waals surface area contributed by atoms with E-state index < -0.39 is 5.91 Å². The molecule has 2 amide bonds. The smallest absolute Gasteiger partial charge is 0.257 e. The molecule has 0 spiro atoms. The average Bonchev–Trinajstić information content (AvgIpc) is 3.05. The van der Waals surface area contributed by atoms with Gasteiger partial charge in [-0.2, -0.15) is 0 Å². The first-order valence-corrected chi connectivity index (χ1v) is 7.17. The highest BCUT2D eigenvalue weighted by Gasteiger charge is 2.08. The number of hydrazine groups is 1. The zero-order chi connectivity index (χ0) is 15.9. The number of amides is 2. The number of rotatable bonds is 6. The van der Waals surface area contributed by atoms with Crippen LogP contribution in [-0.2, 0) is 4.79 Å².